The van der Waals surface area contributed by atoms with E-state index in [4.69, 9.17) is 5.73 Å². The molecule has 0 aromatic heterocycles. The molecule has 0 aliphatic heterocycles. The van der Waals surface area contributed by atoms with Crippen LogP contribution < -0.4 is 5.73 Å². The Morgan fingerprint density at radius 1 is 1.12 bits per heavy atom. The number of phenols is 1. The zero-order valence-corrected chi connectivity index (χ0v) is 18.0. The van der Waals surface area contributed by atoms with Crippen molar-refractivity contribution in [3.8, 4) is 5.75 Å². The van der Waals surface area contributed by atoms with Gasteiger partial charge in [0, 0.05) is 0 Å². The van der Waals surface area contributed by atoms with Gasteiger partial charge in [-0.25, -0.2) is 0 Å². The van der Waals surface area contributed by atoms with E-state index in [0.29, 0.717) is 0 Å². The van der Waals surface area contributed by atoms with Crippen molar-refractivity contribution in [1.29, 1.82) is 0 Å². The summed E-state index contributed by atoms with van der Waals surface area (Å²) in [5.41, 5.74) is -0.914. The van der Waals surface area contributed by atoms with Crippen molar-refractivity contribution < 1.29 is 44.7 Å². The number of rotatable bonds is 2. The second kappa shape index (κ2) is 6.94. The second-order valence-corrected chi connectivity index (χ2v) is 9.21. The quantitative estimate of drug-likeness (QED) is 0.268. The Hall–Kier alpha value is -3.12. The molecule has 3 aliphatic rings. The monoisotopic (exact) mass is 460 g/mol. The molecule has 0 radical (unpaired) electrons. The lowest BCUT2D eigenvalue weighted by molar-refractivity contribution is -0.195. The fourth-order valence-corrected chi connectivity index (χ4v) is 5.74. The predicted molar refractivity (Wildman–Crippen MR) is 110 cm³/mol. The number of fused-ring (bicyclic) bond motifs is 3. The number of ketones is 3. The van der Waals surface area contributed by atoms with E-state index in [1.54, 1.807) is 0 Å². The highest BCUT2D eigenvalue weighted by molar-refractivity contribution is 6.32. The largest absolute Gasteiger partial charge is 0.507 e. The van der Waals surface area contributed by atoms with E-state index in [9.17, 15) is 44.7 Å². The number of primary amides is 1. The van der Waals surface area contributed by atoms with Gasteiger partial charge < -0.3 is 31.3 Å². The number of hydrogen-bond donors (Lipinski definition) is 6. The summed E-state index contributed by atoms with van der Waals surface area (Å²) >= 11 is 0. The smallest absolute Gasteiger partial charge is 0.235 e. The van der Waals surface area contributed by atoms with Gasteiger partial charge in [-0.3, -0.25) is 24.1 Å². The molecule has 3 aliphatic carbocycles. The summed E-state index contributed by atoms with van der Waals surface area (Å²) in [5, 5.41) is 55.5. The van der Waals surface area contributed by atoms with E-state index in [-0.39, 0.29) is 11.1 Å². The molecule has 7 atom stereocenters. The second-order valence-electron chi connectivity index (χ2n) is 9.21. The molecule has 2 saturated carbocycles. The van der Waals surface area contributed by atoms with Crippen molar-refractivity contribution in [3.63, 3.8) is 0 Å². The average Bonchev–Trinajstić information content (AvgIpc) is 2.70. The summed E-state index contributed by atoms with van der Waals surface area (Å²) in [6.45, 7) is 1.24. The number of nitrogens with zero attached hydrogens (tertiary/aromatic N) is 1. The van der Waals surface area contributed by atoms with E-state index in [1.807, 2.05) is 0 Å². The van der Waals surface area contributed by atoms with Gasteiger partial charge in [-0.1, -0.05) is 12.1 Å². The lowest BCUT2D eigenvalue weighted by atomic mass is 9.51. The molecule has 0 heterocycles. The number of nitrogens with two attached hydrogens (primary N) is 1. The minimum atomic E-state index is -3.10. The normalized spacial score (nSPS) is 38.2. The first kappa shape index (κ1) is 23.1. The lowest BCUT2D eigenvalue weighted by Gasteiger charge is -2.55. The number of hydrogen-bond acceptors (Lipinski definition) is 10. The molecule has 7 N–H and O–H groups in total. The molecule has 0 bridgehead atoms. The Morgan fingerprint density at radius 3 is 2.27 bits per heavy atom. The van der Waals surface area contributed by atoms with Gasteiger partial charge in [0.05, 0.1) is 40.7 Å². The molecule has 2 fully saturated rings. The van der Waals surface area contributed by atoms with Crippen LogP contribution in [0.15, 0.2) is 23.8 Å². The Bertz CT molecular complexity index is 1150. The predicted octanol–water partition coefficient (Wildman–Crippen LogP) is -2.03. The van der Waals surface area contributed by atoms with Crippen molar-refractivity contribution in [1.82, 2.24) is 4.90 Å². The van der Waals surface area contributed by atoms with Gasteiger partial charge in [-0.2, -0.15) is 0 Å². The molecule has 0 saturated heterocycles. The topological polar surface area (TPSA) is 199 Å². The van der Waals surface area contributed by atoms with Crippen LogP contribution in [0, 0.1) is 17.8 Å². The van der Waals surface area contributed by atoms with Crippen LogP contribution in [-0.2, 0) is 24.8 Å². The first-order valence-electron chi connectivity index (χ1n) is 10.2. The number of carbonyl (C=O) groups excluding carboxylic acids is 4. The number of aliphatic hydroxyl groups is 4. The van der Waals surface area contributed by atoms with E-state index in [0.717, 1.165) is 0 Å². The minimum Gasteiger partial charge on any atom is -0.507 e. The number of benzene rings is 1. The van der Waals surface area contributed by atoms with Gasteiger partial charge in [0.25, 0.3) is 0 Å². The number of aromatic hydroxyl groups is 1. The van der Waals surface area contributed by atoms with Gasteiger partial charge in [0.15, 0.2) is 23.1 Å². The maximum atomic E-state index is 13.7. The summed E-state index contributed by atoms with van der Waals surface area (Å²) < 4.78 is 0. The maximum absolute atomic E-state index is 13.7. The molecular formula is C22H24N2O9. The third kappa shape index (κ3) is 2.64. The van der Waals surface area contributed by atoms with Crippen molar-refractivity contribution in [2.75, 3.05) is 14.1 Å². The summed E-state index contributed by atoms with van der Waals surface area (Å²) in [4.78, 5) is 53.1. The molecule has 1 amide bonds. The Balaban J connectivity index is 2.06. The van der Waals surface area contributed by atoms with Crippen molar-refractivity contribution in [2.45, 2.75) is 30.3 Å². The summed E-state index contributed by atoms with van der Waals surface area (Å²) in [6, 6.07) is 2.48. The van der Waals surface area contributed by atoms with Gasteiger partial charge in [0.1, 0.15) is 11.5 Å². The zero-order chi connectivity index (χ0) is 24.8. The molecular weight excluding hydrogens is 436 g/mol. The number of amides is 1. The van der Waals surface area contributed by atoms with Gasteiger partial charge >= 0.3 is 0 Å². The highest BCUT2D eigenvalue weighted by Gasteiger charge is 2.72. The Kier molecular flexibility index (Phi) is 4.85. The fourth-order valence-electron chi connectivity index (χ4n) is 5.74. The molecule has 1 aromatic carbocycles. The Labute approximate surface area is 187 Å². The van der Waals surface area contributed by atoms with Crippen molar-refractivity contribution in [3.05, 3.63) is 34.9 Å². The van der Waals surface area contributed by atoms with Crippen LogP contribution in [-0.4, -0.2) is 85.5 Å². The first-order chi connectivity index (χ1) is 15.2. The zero-order valence-electron chi connectivity index (χ0n) is 18.0. The number of carbonyl (C=O) groups is 4. The number of phenolic OH excluding ortho intramolecular Hbond substituents is 1. The van der Waals surface area contributed by atoms with Crippen molar-refractivity contribution in [2.24, 2.45) is 23.5 Å². The van der Waals surface area contributed by atoms with Crippen LogP contribution in [0.4, 0.5) is 0 Å². The van der Waals surface area contributed by atoms with Crippen LogP contribution in [0.5, 0.6) is 5.75 Å². The molecule has 176 valence electrons. The molecule has 11 nitrogen and oxygen atoms in total. The SMILES string of the molecule is CN(C)C1C(=O)C(C(N)=O)C(=O)C2(O)C(=O)C3=C(O)c4c(O)cccc4C(C)(O)C3C(O)C12. The first-order valence-corrected chi connectivity index (χ1v) is 10.2. The van der Waals surface area contributed by atoms with E-state index in [1.165, 1.54) is 44.1 Å². The highest BCUT2D eigenvalue weighted by Crippen LogP contribution is 2.56. The standard InChI is InChI=1S/C22H24N2O9/c1-21(32)7-5-4-6-8(25)9(7)15(26)10-12(21)17(28)13-14(24(2)3)16(27)11(20(23)31)19(30)22(13,33)18(10)29/h4-6,11-14,17,25-26,28,32-33H,1-3H3,(H2,23,31). The van der Waals surface area contributed by atoms with Gasteiger partial charge in [-0.05, 0) is 32.6 Å². The van der Waals surface area contributed by atoms with E-state index < -0.39 is 81.4 Å². The maximum Gasteiger partial charge on any atom is 0.235 e. The summed E-state index contributed by atoms with van der Waals surface area (Å²) in [7, 11) is 2.78. The van der Waals surface area contributed by atoms with Crippen LogP contribution in [0.3, 0.4) is 0 Å². The highest BCUT2D eigenvalue weighted by atomic mass is 16.3. The fraction of sp³-hybridized carbons (Fsp3) is 0.455. The van der Waals surface area contributed by atoms with Crippen molar-refractivity contribution >= 4 is 29.0 Å². The molecule has 4 rings (SSSR count). The number of aliphatic hydroxyl groups excluding tert-OH is 2. The lowest BCUT2D eigenvalue weighted by Crippen LogP contribution is -2.76. The third-order valence-corrected chi connectivity index (χ3v) is 7.17. The molecule has 0 spiro atoms. The number of Topliss-reactive ketones (excluding diaryl/α,β-unsaturated/α-hetero) is 3. The molecule has 7 unspecified atom stereocenters. The van der Waals surface area contributed by atoms with E-state index >= 15 is 0 Å². The van der Waals surface area contributed by atoms with Crippen LogP contribution in [0.25, 0.3) is 5.76 Å². The number of likely N-dealkylation sites (N-methyl/N-ethyl adjacent to an activating group) is 1. The van der Waals surface area contributed by atoms with Crippen LogP contribution in [0.1, 0.15) is 18.1 Å². The van der Waals surface area contributed by atoms with Crippen LogP contribution in [0.2, 0.25) is 0 Å². The van der Waals surface area contributed by atoms with Crippen LogP contribution >= 0.6 is 0 Å². The summed E-state index contributed by atoms with van der Waals surface area (Å²) in [5.74, 6) is -12.1. The minimum absolute atomic E-state index is 0.00378. The third-order valence-electron chi connectivity index (χ3n) is 7.17. The molecule has 33 heavy (non-hydrogen) atoms. The summed E-state index contributed by atoms with van der Waals surface area (Å²) in [6.07, 6.45) is -1.90. The average molecular weight is 460 g/mol. The van der Waals surface area contributed by atoms with Gasteiger partial charge in [0.2, 0.25) is 11.7 Å². The molecule has 1 aromatic rings. The molecule has 11 heteroatoms. The van der Waals surface area contributed by atoms with Gasteiger partial charge in [-0.15, -0.1) is 0 Å². The van der Waals surface area contributed by atoms with E-state index in [2.05, 4.69) is 0 Å². The Morgan fingerprint density at radius 2 is 1.73 bits per heavy atom.